The maximum atomic E-state index is 11.3. The van der Waals surface area contributed by atoms with Gasteiger partial charge in [0.15, 0.2) is 0 Å². The smallest absolute Gasteiger partial charge is 0.309 e. The Kier molecular flexibility index (Phi) is 3.23. The van der Waals surface area contributed by atoms with Gasteiger partial charge in [0.05, 0.1) is 16.4 Å². The molecule has 0 unspecified atom stereocenters. The summed E-state index contributed by atoms with van der Waals surface area (Å²) in [6, 6.07) is 0. The van der Waals surface area contributed by atoms with E-state index in [1.165, 1.54) is 7.11 Å². The molecule has 0 heterocycles. The van der Waals surface area contributed by atoms with E-state index >= 15 is 0 Å². The van der Waals surface area contributed by atoms with Gasteiger partial charge in [-0.2, -0.15) is 0 Å². The van der Waals surface area contributed by atoms with Gasteiger partial charge < -0.3 is 4.74 Å². The molecule has 1 saturated carbocycles. The summed E-state index contributed by atoms with van der Waals surface area (Å²) in [5.41, 5.74) is 0.0277. The molecule has 74 valence electrons. The molecule has 1 fully saturated rings. The van der Waals surface area contributed by atoms with Crippen molar-refractivity contribution in [1.29, 1.82) is 0 Å². The van der Waals surface area contributed by atoms with Crippen LogP contribution in [-0.4, -0.2) is 13.1 Å². The third-order valence-electron chi connectivity index (χ3n) is 2.67. The normalized spacial score (nSPS) is 29.3. The van der Waals surface area contributed by atoms with Crippen molar-refractivity contribution in [1.82, 2.24) is 0 Å². The average Bonchev–Trinajstić information content (AvgIpc) is 2.51. The Morgan fingerprint density at radius 2 is 2.00 bits per heavy atom. The fourth-order valence-corrected chi connectivity index (χ4v) is 2.27. The monoisotopic (exact) mass is 310 g/mol. The first-order chi connectivity index (χ1) is 5.91. The Bertz CT molecular complexity index is 254. The van der Waals surface area contributed by atoms with Gasteiger partial charge in [-0.05, 0) is 43.2 Å². The molecule has 0 bridgehead atoms. The summed E-state index contributed by atoms with van der Waals surface area (Å²) in [5.74, 6) is 0.156. The van der Waals surface area contributed by atoms with Gasteiger partial charge in [-0.15, -0.1) is 0 Å². The molecule has 0 aromatic rings. The van der Waals surface area contributed by atoms with Crippen LogP contribution >= 0.6 is 31.9 Å². The van der Waals surface area contributed by atoms with Crippen molar-refractivity contribution >= 4 is 37.8 Å². The average molecular weight is 312 g/mol. The highest BCUT2D eigenvalue weighted by atomic mass is 79.9. The molecule has 0 N–H and O–H groups in total. The van der Waals surface area contributed by atoms with Crippen molar-refractivity contribution < 1.29 is 9.53 Å². The van der Waals surface area contributed by atoms with Crippen LogP contribution in [0.1, 0.15) is 13.8 Å². The minimum Gasteiger partial charge on any atom is -0.469 e. The van der Waals surface area contributed by atoms with E-state index in [1.54, 1.807) is 0 Å². The molecule has 0 aliphatic heterocycles. The van der Waals surface area contributed by atoms with Gasteiger partial charge in [0.2, 0.25) is 0 Å². The van der Waals surface area contributed by atoms with Gasteiger partial charge in [-0.1, -0.05) is 19.9 Å². The first-order valence-corrected chi connectivity index (χ1v) is 5.60. The first-order valence-electron chi connectivity index (χ1n) is 4.02. The summed E-state index contributed by atoms with van der Waals surface area (Å²) in [6.45, 7) is 4.14. The molecule has 0 aromatic heterocycles. The van der Waals surface area contributed by atoms with Crippen LogP contribution in [0.15, 0.2) is 9.47 Å². The second-order valence-corrected chi connectivity index (χ2v) is 6.58. The van der Waals surface area contributed by atoms with Crippen molar-refractivity contribution in [2.75, 3.05) is 7.11 Å². The van der Waals surface area contributed by atoms with E-state index in [4.69, 9.17) is 4.74 Å². The molecule has 0 aromatic carbocycles. The lowest BCUT2D eigenvalue weighted by Crippen LogP contribution is -2.07. The van der Waals surface area contributed by atoms with Crippen LogP contribution in [0, 0.1) is 17.3 Å². The molecule has 1 rings (SSSR count). The van der Waals surface area contributed by atoms with Gasteiger partial charge in [-0.25, -0.2) is 0 Å². The largest absolute Gasteiger partial charge is 0.469 e. The Hall–Kier alpha value is 0.170. The number of halogens is 2. The van der Waals surface area contributed by atoms with E-state index in [0.717, 1.165) is 3.39 Å². The van der Waals surface area contributed by atoms with Crippen molar-refractivity contribution in [3.05, 3.63) is 9.47 Å². The summed E-state index contributed by atoms with van der Waals surface area (Å²) in [7, 11) is 1.43. The molecule has 0 saturated heterocycles. The van der Waals surface area contributed by atoms with Gasteiger partial charge in [0, 0.05) is 0 Å². The van der Waals surface area contributed by atoms with Crippen LogP contribution < -0.4 is 0 Å². The molecule has 4 heteroatoms. The third kappa shape index (κ3) is 2.15. The third-order valence-corrected chi connectivity index (χ3v) is 3.20. The zero-order valence-electron chi connectivity index (χ0n) is 7.80. The minimum absolute atomic E-state index is 0.00241. The Morgan fingerprint density at radius 3 is 2.38 bits per heavy atom. The summed E-state index contributed by atoms with van der Waals surface area (Å²) in [6.07, 6.45) is 2.00. The van der Waals surface area contributed by atoms with Crippen molar-refractivity contribution in [2.24, 2.45) is 17.3 Å². The Morgan fingerprint density at radius 1 is 1.46 bits per heavy atom. The predicted octanol–water partition coefficient (Wildman–Crippen LogP) is 3.06. The van der Waals surface area contributed by atoms with E-state index in [2.05, 4.69) is 45.7 Å². The van der Waals surface area contributed by atoms with Crippen molar-refractivity contribution in [2.45, 2.75) is 13.8 Å². The Balaban J connectivity index is 2.72. The summed E-state index contributed by atoms with van der Waals surface area (Å²) in [4.78, 5) is 11.3. The molecule has 1 aliphatic rings. The standard InChI is InChI=1S/C9H12Br2O2/c1-9(2)5(4-6(10)11)7(9)8(12)13-3/h4-5,7H,1-3H3/t5-,7-/m0/s1. The fourth-order valence-electron chi connectivity index (χ4n) is 1.70. The highest BCUT2D eigenvalue weighted by Crippen LogP contribution is 2.60. The van der Waals surface area contributed by atoms with Gasteiger partial charge in [0.1, 0.15) is 0 Å². The van der Waals surface area contributed by atoms with E-state index in [9.17, 15) is 4.79 Å². The quantitative estimate of drug-likeness (QED) is 0.733. The van der Waals surface area contributed by atoms with E-state index in [1.807, 2.05) is 6.08 Å². The number of carbonyl (C=O) groups is 1. The van der Waals surface area contributed by atoms with Crippen molar-refractivity contribution in [3.63, 3.8) is 0 Å². The van der Waals surface area contributed by atoms with E-state index < -0.39 is 0 Å². The molecule has 0 radical (unpaired) electrons. The topological polar surface area (TPSA) is 26.3 Å². The molecule has 0 spiro atoms. The number of esters is 1. The summed E-state index contributed by atoms with van der Waals surface area (Å²) in [5, 5.41) is 0. The second-order valence-electron chi connectivity index (χ2n) is 3.80. The summed E-state index contributed by atoms with van der Waals surface area (Å²) < 4.78 is 5.62. The molecule has 13 heavy (non-hydrogen) atoms. The molecular formula is C9H12Br2O2. The number of rotatable bonds is 2. The number of hydrogen-bond donors (Lipinski definition) is 0. The van der Waals surface area contributed by atoms with Crippen LogP contribution in [0.5, 0.6) is 0 Å². The van der Waals surface area contributed by atoms with Gasteiger partial charge in [-0.3, -0.25) is 4.79 Å². The van der Waals surface area contributed by atoms with Gasteiger partial charge in [0.25, 0.3) is 0 Å². The SMILES string of the molecule is COC(=O)[C@@H]1[C@H](C=C(Br)Br)C1(C)C. The van der Waals surface area contributed by atoms with Crippen LogP contribution in [0.2, 0.25) is 0 Å². The molecule has 1 aliphatic carbocycles. The second kappa shape index (κ2) is 3.73. The maximum Gasteiger partial charge on any atom is 0.309 e. The number of allylic oxidation sites excluding steroid dienone is 1. The molecule has 2 nitrogen and oxygen atoms in total. The zero-order chi connectivity index (χ0) is 10.2. The van der Waals surface area contributed by atoms with Crippen LogP contribution in [-0.2, 0) is 9.53 Å². The lowest BCUT2D eigenvalue weighted by atomic mass is 10.1. The maximum absolute atomic E-state index is 11.3. The Labute approximate surface area is 95.0 Å². The number of ether oxygens (including phenoxy) is 1. The molecular weight excluding hydrogens is 300 g/mol. The molecule has 2 atom stereocenters. The van der Waals surface area contributed by atoms with Crippen LogP contribution in [0.3, 0.4) is 0 Å². The first kappa shape index (κ1) is 11.2. The van der Waals surface area contributed by atoms with Crippen LogP contribution in [0.25, 0.3) is 0 Å². The predicted molar refractivity (Wildman–Crippen MR) is 58.7 cm³/mol. The number of methoxy groups -OCH3 is 1. The number of hydrogen-bond acceptors (Lipinski definition) is 2. The fraction of sp³-hybridized carbons (Fsp3) is 0.667. The highest BCUT2D eigenvalue weighted by molar-refractivity contribution is 9.28. The van der Waals surface area contributed by atoms with Crippen LogP contribution in [0.4, 0.5) is 0 Å². The lowest BCUT2D eigenvalue weighted by Gasteiger charge is -1.98. The van der Waals surface area contributed by atoms with E-state index in [-0.39, 0.29) is 23.2 Å². The summed E-state index contributed by atoms with van der Waals surface area (Å²) >= 11 is 6.58. The van der Waals surface area contributed by atoms with E-state index in [0.29, 0.717) is 0 Å². The van der Waals surface area contributed by atoms with Crippen molar-refractivity contribution in [3.8, 4) is 0 Å². The zero-order valence-corrected chi connectivity index (χ0v) is 11.0. The highest BCUT2D eigenvalue weighted by Gasteiger charge is 2.61. The lowest BCUT2D eigenvalue weighted by molar-refractivity contribution is -0.143. The molecule has 0 amide bonds. The van der Waals surface area contributed by atoms with Gasteiger partial charge >= 0.3 is 5.97 Å². The number of carbonyl (C=O) groups excluding carboxylic acids is 1. The minimum atomic E-state index is -0.118.